The van der Waals surface area contributed by atoms with Crippen molar-refractivity contribution in [1.29, 1.82) is 0 Å². The Kier molecular flexibility index (Phi) is 2.65. The Morgan fingerprint density at radius 3 is 2.79 bits per heavy atom. The number of carbonyl (C=O) groups is 2. The zero-order chi connectivity index (χ0) is 13.9. The molecule has 1 N–H and O–H groups in total. The van der Waals surface area contributed by atoms with Gasteiger partial charge in [-0.05, 0) is 31.6 Å². The molecule has 0 spiro atoms. The molecule has 4 nitrogen and oxygen atoms in total. The largest absolute Gasteiger partial charge is 0.458 e. The highest BCUT2D eigenvalue weighted by Gasteiger charge is 2.61. The molecule has 0 amide bonds. The molecule has 2 aliphatic carbocycles. The number of Topliss-reactive ketones (excluding diaryl/α,β-unsaturated/α-hetero) is 1. The van der Waals surface area contributed by atoms with Crippen LogP contribution in [0.25, 0.3) is 0 Å². The lowest BCUT2D eigenvalue weighted by Gasteiger charge is -2.37. The molecule has 2 saturated carbocycles. The lowest BCUT2D eigenvalue weighted by molar-refractivity contribution is -0.140. The molecule has 1 saturated heterocycles. The third-order valence-corrected chi connectivity index (χ3v) is 5.62. The third kappa shape index (κ3) is 1.49. The minimum atomic E-state index is -0.860. The van der Waals surface area contributed by atoms with Gasteiger partial charge >= 0.3 is 5.97 Å². The molecular weight excluding hydrogens is 244 g/mol. The molecule has 0 aromatic carbocycles. The van der Waals surface area contributed by atoms with Gasteiger partial charge in [-0.2, -0.15) is 0 Å². The van der Waals surface area contributed by atoms with Crippen LogP contribution in [0.1, 0.15) is 33.1 Å². The van der Waals surface area contributed by atoms with E-state index in [0.717, 1.165) is 6.42 Å². The predicted molar refractivity (Wildman–Crippen MR) is 68.1 cm³/mol. The minimum Gasteiger partial charge on any atom is -0.458 e. The molecule has 0 aromatic heterocycles. The maximum Gasteiger partial charge on any atom is 0.334 e. The smallest absolute Gasteiger partial charge is 0.334 e. The number of ether oxygens (including phenoxy) is 1. The quantitative estimate of drug-likeness (QED) is 0.531. The van der Waals surface area contributed by atoms with E-state index in [0.29, 0.717) is 18.4 Å². The Hall–Kier alpha value is -1.16. The average molecular weight is 264 g/mol. The Morgan fingerprint density at radius 1 is 1.42 bits per heavy atom. The molecule has 104 valence electrons. The first kappa shape index (κ1) is 12.9. The molecule has 1 heterocycles. The first-order chi connectivity index (χ1) is 8.87. The fourth-order valence-corrected chi connectivity index (χ4v) is 4.46. The summed E-state index contributed by atoms with van der Waals surface area (Å²) in [5.74, 6) is -0.294. The van der Waals surface area contributed by atoms with Gasteiger partial charge in [-0.15, -0.1) is 0 Å². The average Bonchev–Trinajstić information content (AvgIpc) is 2.77. The molecule has 1 aliphatic heterocycles. The molecule has 19 heavy (non-hydrogen) atoms. The molecule has 0 radical (unpaired) electrons. The molecule has 3 fully saturated rings. The molecule has 3 aliphatic rings. The van der Waals surface area contributed by atoms with Gasteiger partial charge < -0.3 is 9.84 Å². The summed E-state index contributed by atoms with van der Waals surface area (Å²) in [6.07, 6.45) is 0.885. The van der Waals surface area contributed by atoms with Crippen LogP contribution in [0.2, 0.25) is 0 Å². The van der Waals surface area contributed by atoms with Crippen LogP contribution in [0.3, 0.4) is 0 Å². The van der Waals surface area contributed by atoms with E-state index in [-0.39, 0.29) is 23.7 Å². The number of esters is 1. The Morgan fingerprint density at radius 2 is 2.11 bits per heavy atom. The highest BCUT2D eigenvalue weighted by molar-refractivity contribution is 5.92. The Labute approximate surface area is 112 Å². The molecule has 0 aromatic rings. The fourth-order valence-electron chi connectivity index (χ4n) is 4.46. The number of ketones is 1. The minimum absolute atomic E-state index is 0.115. The van der Waals surface area contributed by atoms with Gasteiger partial charge in [0.25, 0.3) is 0 Å². The topological polar surface area (TPSA) is 63.6 Å². The van der Waals surface area contributed by atoms with E-state index >= 15 is 0 Å². The van der Waals surface area contributed by atoms with Crippen molar-refractivity contribution in [2.24, 2.45) is 23.2 Å². The molecule has 4 heteroatoms. The van der Waals surface area contributed by atoms with E-state index in [9.17, 15) is 14.7 Å². The van der Waals surface area contributed by atoms with Gasteiger partial charge in [-0.3, -0.25) is 4.79 Å². The van der Waals surface area contributed by atoms with Crippen molar-refractivity contribution in [3.63, 3.8) is 0 Å². The zero-order valence-electron chi connectivity index (χ0n) is 11.4. The van der Waals surface area contributed by atoms with Crippen molar-refractivity contribution in [3.8, 4) is 0 Å². The molecule has 6 atom stereocenters. The van der Waals surface area contributed by atoms with E-state index < -0.39 is 23.4 Å². The lowest BCUT2D eigenvalue weighted by atomic mass is 9.68. The first-order valence-electron chi connectivity index (χ1n) is 6.98. The van der Waals surface area contributed by atoms with Gasteiger partial charge in [0.05, 0.1) is 17.4 Å². The Balaban J connectivity index is 2.07. The number of aliphatic hydroxyl groups is 1. The van der Waals surface area contributed by atoms with Crippen molar-refractivity contribution in [3.05, 3.63) is 12.2 Å². The van der Waals surface area contributed by atoms with Crippen LogP contribution in [0.15, 0.2) is 12.2 Å². The molecular formula is C15H20O4. The van der Waals surface area contributed by atoms with E-state index in [1.54, 1.807) is 0 Å². The molecule has 0 unspecified atom stereocenters. The standard InChI is InChI=1S/C15H20O4/c1-7-6-10-12(8(2)14(18)19-10)13(17)15(3)9(7)4-5-11(15)16/h7,9-10,12-13,17H,2,4-6H2,1,3H3/t7-,9+,10-,12+,13+,15+/m1/s1. The third-order valence-electron chi connectivity index (χ3n) is 5.62. The van der Waals surface area contributed by atoms with Crippen LogP contribution >= 0.6 is 0 Å². The van der Waals surface area contributed by atoms with Gasteiger partial charge in [-0.1, -0.05) is 13.5 Å². The lowest BCUT2D eigenvalue weighted by Crippen LogP contribution is -2.46. The summed E-state index contributed by atoms with van der Waals surface area (Å²) in [4.78, 5) is 24.0. The normalized spacial score (nSPS) is 49.6. The first-order valence-corrected chi connectivity index (χ1v) is 6.98. The van der Waals surface area contributed by atoms with E-state index in [1.165, 1.54) is 0 Å². The second kappa shape index (κ2) is 3.92. The number of aliphatic hydroxyl groups excluding tert-OH is 1. The highest BCUT2D eigenvalue weighted by atomic mass is 16.6. The van der Waals surface area contributed by atoms with Gasteiger partial charge in [0.2, 0.25) is 0 Å². The number of carbonyl (C=O) groups excluding carboxylic acids is 2. The van der Waals surface area contributed by atoms with Crippen LogP contribution < -0.4 is 0 Å². The van der Waals surface area contributed by atoms with Crippen molar-refractivity contribution in [2.75, 3.05) is 0 Å². The predicted octanol–water partition coefficient (Wildman–Crippen LogP) is 1.47. The summed E-state index contributed by atoms with van der Waals surface area (Å²) in [6.45, 7) is 7.70. The van der Waals surface area contributed by atoms with E-state index in [1.807, 2.05) is 6.92 Å². The molecule has 0 bridgehead atoms. The SMILES string of the molecule is C=C1C(=O)O[C@@H]2C[C@@H](C)[C@@H]3CCC(=O)[C@@]3(C)[C@@H](O)[C@@H]12. The molecule has 3 rings (SSSR count). The van der Waals surface area contributed by atoms with Crippen LogP contribution in [0, 0.1) is 23.2 Å². The van der Waals surface area contributed by atoms with Crippen molar-refractivity contribution >= 4 is 11.8 Å². The van der Waals surface area contributed by atoms with Crippen molar-refractivity contribution in [1.82, 2.24) is 0 Å². The summed E-state index contributed by atoms with van der Waals surface area (Å²) >= 11 is 0. The summed E-state index contributed by atoms with van der Waals surface area (Å²) in [5, 5.41) is 10.8. The second-order valence-corrected chi connectivity index (χ2v) is 6.50. The van der Waals surface area contributed by atoms with Gasteiger partial charge in [-0.25, -0.2) is 4.79 Å². The maximum absolute atomic E-state index is 12.3. The number of rotatable bonds is 0. The van der Waals surface area contributed by atoms with Gasteiger partial charge in [0.1, 0.15) is 11.9 Å². The van der Waals surface area contributed by atoms with Crippen LogP contribution in [0.4, 0.5) is 0 Å². The fraction of sp³-hybridized carbons (Fsp3) is 0.733. The highest BCUT2D eigenvalue weighted by Crippen LogP contribution is 2.55. The second-order valence-electron chi connectivity index (χ2n) is 6.50. The number of fused-ring (bicyclic) bond motifs is 2. The van der Waals surface area contributed by atoms with Crippen molar-refractivity contribution < 1.29 is 19.4 Å². The zero-order valence-corrected chi connectivity index (χ0v) is 11.4. The summed E-state index contributed by atoms with van der Waals surface area (Å²) in [6, 6.07) is 0. The maximum atomic E-state index is 12.3. The van der Waals surface area contributed by atoms with Gasteiger partial charge in [0.15, 0.2) is 0 Å². The Bertz CT molecular complexity index is 469. The van der Waals surface area contributed by atoms with Crippen LogP contribution in [-0.2, 0) is 14.3 Å². The summed E-state index contributed by atoms with van der Waals surface area (Å²) in [5.41, 5.74) is -0.429. The van der Waals surface area contributed by atoms with E-state index in [4.69, 9.17) is 4.74 Å². The summed E-state index contributed by atoms with van der Waals surface area (Å²) in [7, 11) is 0. The monoisotopic (exact) mass is 264 g/mol. The summed E-state index contributed by atoms with van der Waals surface area (Å²) < 4.78 is 5.33. The van der Waals surface area contributed by atoms with Gasteiger partial charge in [0, 0.05) is 12.0 Å². The number of hydrogen-bond donors (Lipinski definition) is 1. The van der Waals surface area contributed by atoms with Crippen molar-refractivity contribution in [2.45, 2.75) is 45.3 Å². The number of hydrogen-bond acceptors (Lipinski definition) is 4. The van der Waals surface area contributed by atoms with Crippen LogP contribution in [0.5, 0.6) is 0 Å². The van der Waals surface area contributed by atoms with E-state index in [2.05, 4.69) is 13.5 Å². The van der Waals surface area contributed by atoms with Crippen LogP contribution in [-0.4, -0.2) is 29.1 Å².